The normalized spacial score (nSPS) is 20.4. The molecule has 1 aromatic carbocycles. The minimum absolute atomic E-state index is 0.152. The van der Waals surface area contributed by atoms with Crippen LogP contribution in [0.25, 0.3) is 0 Å². The maximum absolute atomic E-state index is 11.5. The lowest BCUT2D eigenvalue weighted by Crippen LogP contribution is -2.34. The molecule has 2 N–H and O–H groups in total. The highest BCUT2D eigenvalue weighted by atomic mass is 79.9. The fourth-order valence-electron chi connectivity index (χ4n) is 2.40. The minimum atomic E-state index is 0.152. The first-order valence-corrected chi connectivity index (χ1v) is 7.95. The zero-order valence-electron chi connectivity index (χ0n) is 11.3. The number of carbonyl (C=O) groups is 1. The van der Waals surface area contributed by atoms with Crippen molar-refractivity contribution in [3.8, 4) is 5.75 Å². The molecule has 1 heterocycles. The largest absolute Gasteiger partial charge is 0.488 e. The Bertz CT molecular complexity index is 503. The summed E-state index contributed by atoms with van der Waals surface area (Å²) in [6.45, 7) is 1.49. The van der Waals surface area contributed by atoms with Crippen LogP contribution in [-0.2, 0) is 11.2 Å². The van der Waals surface area contributed by atoms with Crippen LogP contribution in [0.3, 0.4) is 0 Å². The van der Waals surface area contributed by atoms with Gasteiger partial charge in [-0.15, -0.1) is 0 Å². The molecule has 1 aliphatic carbocycles. The highest BCUT2D eigenvalue weighted by molar-refractivity contribution is 9.10. The van der Waals surface area contributed by atoms with Gasteiger partial charge >= 0.3 is 0 Å². The van der Waals surface area contributed by atoms with Crippen molar-refractivity contribution in [3.63, 3.8) is 0 Å². The van der Waals surface area contributed by atoms with Gasteiger partial charge < -0.3 is 15.4 Å². The van der Waals surface area contributed by atoms with Gasteiger partial charge in [-0.25, -0.2) is 0 Å². The number of amides is 1. The molecule has 1 atom stereocenters. The molecular weight excluding hydrogens is 320 g/mol. The number of hydrogen-bond acceptors (Lipinski definition) is 3. The molecule has 0 radical (unpaired) electrons. The summed E-state index contributed by atoms with van der Waals surface area (Å²) in [6.07, 6.45) is 3.93. The maximum Gasteiger partial charge on any atom is 0.221 e. The van der Waals surface area contributed by atoms with E-state index in [2.05, 4.69) is 32.6 Å². The van der Waals surface area contributed by atoms with Gasteiger partial charge in [0.2, 0.25) is 5.91 Å². The molecule has 4 nitrogen and oxygen atoms in total. The van der Waals surface area contributed by atoms with E-state index < -0.39 is 0 Å². The Labute approximate surface area is 127 Å². The Morgan fingerprint density at radius 2 is 2.25 bits per heavy atom. The van der Waals surface area contributed by atoms with Gasteiger partial charge in [-0.05, 0) is 36.6 Å². The van der Waals surface area contributed by atoms with E-state index in [4.69, 9.17) is 4.74 Å². The molecule has 1 saturated carbocycles. The Morgan fingerprint density at radius 3 is 3.05 bits per heavy atom. The molecule has 0 aromatic heterocycles. The van der Waals surface area contributed by atoms with Gasteiger partial charge in [-0.1, -0.05) is 15.9 Å². The lowest BCUT2D eigenvalue weighted by Gasteiger charge is -2.11. The van der Waals surface area contributed by atoms with Crippen LogP contribution >= 0.6 is 15.9 Å². The minimum Gasteiger partial charge on any atom is -0.488 e. The lowest BCUT2D eigenvalue weighted by molar-refractivity contribution is -0.121. The number of ether oxygens (including phenoxy) is 1. The first-order valence-electron chi connectivity index (χ1n) is 7.16. The molecule has 108 valence electrons. The number of hydrogen-bond donors (Lipinski definition) is 2. The summed E-state index contributed by atoms with van der Waals surface area (Å²) in [4.78, 5) is 11.5. The average molecular weight is 339 g/mol. The van der Waals surface area contributed by atoms with Crippen molar-refractivity contribution < 1.29 is 9.53 Å². The fourth-order valence-corrected chi connectivity index (χ4v) is 2.80. The van der Waals surface area contributed by atoms with Crippen molar-refractivity contribution in [2.75, 3.05) is 13.1 Å². The second-order valence-electron chi connectivity index (χ2n) is 5.49. The Kier molecular flexibility index (Phi) is 4.27. The summed E-state index contributed by atoms with van der Waals surface area (Å²) >= 11 is 3.47. The van der Waals surface area contributed by atoms with Gasteiger partial charge in [0, 0.05) is 36.4 Å². The first-order chi connectivity index (χ1) is 9.70. The molecule has 1 unspecified atom stereocenters. The summed E-state index contributed by atoms with van der Waals surface area (Å²) < 4.78 is 6.95. The topological polar surface area (TPSA) is 50.4 Å². The SMILES string of the molecule is O=C(CCNCC1Cc2cc(Br)ccc2O1)NC1CC1. The van der Waals surface area contributed by atoms with Crippen LogP contribution in [0, 0.1) is 0 Å². The van der Waals surface area contributed by atoms with E-state index in [1.165, 1.54) is 5.56 Å². The van der Waals surface area contributed by atoms with Crippen LogP contribution in [0.1, 0.15) is 24.8 Å². The third-order valence-corrected chi connectivity index (χ3v) is 4.10. The fraction of sp³-hybridized carbons (Fsp3) is 0.533. The Morgan fingerprint density at radius 1 is 1.40 bits per heavy atom. The van der Waals surface area contributed by atoms with Crippen LogP contribution in [0.4, 0.5) is 0 Å². The highest BCUT2D eigenvalue weighted by Gasteiger charge is 2.24. The molecule has 20 heavy (non-hydrogen) atoms. The average Bonchev–Trinajstić information content (AvgIpc) is 3.12. The van der Waals surface area contributed by atoms with Crippen molar-refractivity contribution in [3.05, 3.63) is 28.2 Å². The van der Waals surface area contributed by atoms with Crippen molar-refractivity contribution in [2.24, 2.45) is 0 Å². The highest BCUT2D eigenvalue weighted by Crippen LogP contribution is 2.30. The second kappa shape index (κ2) is 6.14. The zero-order valence-corrected chi connectivity index (χ0v) is 12.9. The summed E-state index contributed by atoms with van der Waals surface area (Å²) in [6, 6.07) is 6.56. The standard InChI is InChI=1S/C15H19BrN2O2/c16-11-1-4-14-10(7-11)8-13(20-14)9-17-6-5-15(19)18-12-2-3-12/h1,4,7,12-13,17H,2-3,5-6,8-9H2,(H,18,19). The summed E-state index contributed by atoms with van der Waals surface area (Å²) in [5, 5.41) is 6.29. The van der Waals surface area contributed by atoms with Crippen LogP contribution in [0.2, 0.25) is 0 Å². The van der Waals surface area contributed by atoms with Crippen LogP contribution in [0.5, 0.6) is 5.75 Å². The van der Waals surface area contributed by atoms with Crippen LogP contribution in [-0.4, -0.2) is 31.1 Å². The van der Waals surface area contributed by atoms with Crippen molar-refractivity contribution >= 4 is 21.8 Å². The van der Waals surface area contributed by atoms with E-state index in [1.807, 2.05) is 12.1 Å². The summed E-state index contributed by atoms with van der Waals surface area (Å²) in [7, 11) is 0. The van der Waals surface area contributed by atoms with Gasteiger partial charge in [-0.2, -0.15) is 0 Å². The third kappa shape index (κ3) is 3.73. The van der Waals surface area contributed by atoms with Gasteiger partial charge in [-0.3, -0.25) is 4.79 Å². The molecule has 0 bridgehead atoms. The van der Waals surface area contributed by atoms with Crippen molar-refractivity contribution in [1.82, 2.24) is 10.6 Å². The van der Waals surface area contributed by atoms with Crippen molar-refractivity contribution in [2.45, 2.75) is 37.8 Å². The quantitative estimate of drug-likeness (QED) is 0.780. The van der Waals surface area contributed by atoms with E-state index in [-0.39, 0.29) is 12.0 Å². The molecule has 2 aliphatic rings. The number of nitrogens with one attached hydrogen (secondary N) is 2. The number of halogens is 1. The molecule has 1 amide bonds. The first kappa shape index (κ1) is 13.9. The monoisotopic (exact) mass is 338 g/mol. The zero-order chi connectivity index (χ0) is 13.9. The molecule has 1 aliphatic heterocycles. The predicted molar refractivity (Wildman–Crippen MR) is 80.9 cm³/mol. The molecule has 5 heteroatoms. The van der Waals surface area contributed by atoms with E-state index in [0.29, 0.717) is 19.0 Å². The number of benzene rings is 1. The molecule has 1 aromatic rings. The van der Waals surface area contributed by atoms with E-state index in [9.17, 15) is 4.79 Å². The summed E-state index contributed by atoms with van der Waals surface area (Å²) in [5.74, 6) is 1.13. The molecule has 1 fully saturated rings. The second-order valence-corrected chi connectivity index (χ2v) is 6.41. The van der Waals surface area contributed by atoms with Crippen LogP contribution in [0.15, 0.2) is 22.7 Å². The molecule has 3 rings (SSSR count). The predicted octanol–water partition coefficient (Wildman–Crippen LogP) is 2.01. The van der Waals surface area contributed by atoms with Gasteiger partial charge in [0.05, 0.1) is 0 Å². The van der Waals surface area contributed by atoms with E-state index in [1.54, 1.807) is 0 Å². The van der Waals surface area contributed by atoms with Crippen LogP contribution < -0.4 is 15.4 Å². The Balaban J connectivity index is 1.35. The van der Waals surface area contributed by atoms with Gasteiger partial charge in [0.15, 0.2) is 0 Å². The smallest absolute Gasteiger partial charge is 0.221 e. The van der Waals surface area contributed by atoms with E-state index >= 15 is 0 Å². The van der Waals surface area contributed by atoms with E-state index in [0.717, 1.165) is 36.0 Å². The Hall–Kier alpha value is -1.07. The number of rotatable bonds is 6. The van der Waals surface area contributed by atoms with Gasteiger partial charge in [0.25, 0.3) is 0 Å². The molecule has 0 spiro atoms. The number of fused-ring (bicyclic) bond motifs is 1. The third-order valence-electron chi connectivity index (χ3n) is 3.61. The van der Waals surface area contributed by atoms with Gasteiger partial charge in [0.1, 0.15) is 11.9 Å². The lowest BCUT2D eigenvalue weighted by atomic mass is 10.1. The maximum atomic E-state index is 11.5. The molecular formula is C15H19BrN2O2. The molecule has 0 saturated heterocycles. The number of carbonyl (C=O) groups excluding carboxylic acids is 1. The summed E-state index contributed by atoms with van der Waals surface area (Å²) in [5.41, 5.74) is 1.25. The van der Waals surface area contributed by atoms with Crippen molar-refractivity contribution in [1.29, 1.82) is 0 Å².